The first-order chi connectivity index (χ1) is 7.65. The molecule has 0 unspecified atom stereocenters. The van der Waals surface area contributed by atoms with Gasteiger partial charge in [0.1, 0.15) is 0 Å². The number of hydrogen-bond acceptors (Lipinski definition) is 2. The lowest BCUT2D eigenvalue weighted by atomic mass is 10.2. The highest BCUT2D eigenvalue weighted by Crippen LogP contribution is 2.12. The summed E-state index contributed by atoms with van der Waals surface area (Å²) in [6.07, 6.45) is 0. The van der Waals surface area contributed by atoms with Crippen LogP contribution in [0.5, 0.6) is 0 Å². The van der Waals surface area contributed by atoms with Gasteiger partial charge < -0.3 is 15.7 Å². The molecule has 0 heterocycles. The fraction of sp³-hybridized carbons (Fsp3) is 0.300. The minimum atomic E-state index is -0.394. The van der Waals surface area contributed by atoms with E-state index in [9.17, 15) is 4.39 Å². The minimum Gasteiger partial charge on any atom is -0.395 e. The molecule has 3 N–H and O–H groups in total. The second-order valence-electron chi connectivity index (χ2n) is 3.06. The Morgan fingerprint density at radius 1 is 1.44 bits per heavy atom. The highest BCUT2D eigenvalue weighted by atomic mass is 35.5. The molecule has 0 spiro atoms. The van der Waals surface area contributed by atoms with Gasteiger partial charge in [-0.15, -0.1) is 0 Å². The number of halogens is 2. The van der Waals surface area contributed by atoms with Crippen molar-refractivity contribution in [2.24, 2.45) is 0 Å². The summed E-state index contributed by atoms with van der Waals surface area (Å²) in [6.45, 7) is 0.640. The van der Waals surface area contributed by atoms with Gasteiger partial charge in [0.05, 0.1) is 6.61 Å². The number of benzene rings is 1. The van der Waals surface area contributed by atoms with Gasteiger partial charge >= 0.3 is 0 Å². The summed E-state index contributed by atoms with van der Waals surface area (Å²) in [6, 6.07) is 4.88. The maximum atomic E-state index is 13.5. The molecule has 3 nitrogen and oxygen atoms in total. The molecule has 0 radical (unpaired) electrons. The average Bonchev–Trinajstić information content (AvgIpc) is 2.28. The quantitative estimate of drug-likeness (QED) is 0.692. The van der Waals surface area contributed by atoms with Crippen LogP contribution >= 0.6 is 12.2 Å². The predicted octanol–water partition coefficient (Wildman–Crippen LogP) is 0.478. The molecular formula is C10H13ClFN2OS+. The second kappa shape index (κ2) is 6.62. The number of rotatable bonds is 4. The van der Waals surface area contributed by atoms with Gasteiger partial charge in [0.25, 0.3) is 5.02 Å². The molecule has 1 rings (SSSR count). The van der Waals surface area contributed by atoms with Crippen molar-refractivity contribution in [2.75, 3.05) is 13.2 Å². The highest BCUT2D eigenvalue weighted by Gasteiger charge is 2.11. The van der Waals surface area contributed by atoms with Crippen LogP contribution in [-0.2, 0) is 6.54 Å². The van der Waals surface area contributed by atoms with Crippen molar-refractivity contribution in [3.05, 3.63) is 34.6 Å². The van der Waals surface area contributed by atoms with E-state index in [1.165, 1.54) is 6.07 Å². The summed E-state index contributed by atoms with van der Waals surface area (Å²) < 4.78 is 13.5. The number of nitrogens with one attached hydrogen (secondary N) is 2. The monoisotopic (exact) mass is 263 g/mol. The van der Waals surface area contributed by atoms with E-state index in [2.05, 4.69) is 10.6 Å². The lowest BCUT2D eigenvalue weighted by Gasteiger charge is -2.09. The molecule has 1 aromatic rings. The smallest absolute Gasteiger partial charge is 0.261 e. The topological polar surface area (TPSA) is 44.3 Å². The van der Waals surface area contributed by atoms with Crippen LogP contribution in [0, 0.1) is 17.4 Å². The molecule has 0 aliphatic heterocycles. The third-order valence-electron chi connectivity index (χ3n) is 1.88. The molecule has 0 atom stereocenters. The Morgan fingerprint density at radius 3 is 2.88 bits per heavy atom. The van der Waals surface area contributed by atoms with Crippen LogP contribution in [0.2, 0.25) is 5.02 Å². The standard InChI is InChI=1S/C10H12ClFN2OS/c11-8-3-1-2-7(9(8)12)6-14-10(16)13-4-5-15/h1-3,11,15H,4-6H2,(H-,13,14,16)/p+1. The van der Waals surface area contributed by atoms with Gasteiger partial charge in [-0.1, -0.05) is 12.1 Å². The normalized spacial score (nSPS) is 9.94. The number of thiocarbonyl (C=S) groups is 1. The van der Waals surface area contributed by atoms with Crippen molar-refractivity contribution in [3.8, 4) is 0 Å². The number of hydrogen-bond donors (Lipinski definition) is 3. The summed E-state index contributed by atoms with van der Waals surface area (Å²) in [7, 11) is 0. The first-order valence-electron chi connectivity index (χ1n) is 4.72. The second-order valence-corrected chi connectivity index (χ2v) is 3.91. The largest absolute Gasteiger partial charge is 0.395 e. The van der Waals surface area contributed by atoms with E-state index in [0.29, 0.717) is 17.2 Å². The summed E-state index contributed by atoms with van der Waals surface area (Å²) >= 11 is 9.72. The number of aliphatic hydroxyl groups is 1. The predicted molar refractivity (Wildman–Crippen MR) is 61.5 cm³/mol. The van der Waals surface area contributed by atoms with E-state index in [0.717, 1.165) is 0 Å². The molecule has 0 aliphatic carbocycles. The SMILES string of the molecule is OCCNC(=S)NCc1cccc([ClH+])c1F. The van der Waals surface area contributed by atoms with Gasteiger partial charge in [0.15, 0.2) is 22.5 Å². The lowest BCUT2D eigenvalue weighted by molar-refractivity contribution is -0.293. The van der Waals surface area contributed by atoms with E-state index in [-0.39, 0.29) is 18.2 Å². The van der Waals surface area contributed by atoms with Gasteiger partial charge in [-0.2, -0.15) is 0 Å². The molecule has 0 fully saturated rings. The van der Waals surface area contributed by atoms with Gasteiger partial charge in [0, 0.05) is 24.7 Å². The van der Waals surface area contributed by atoms with Gasteiger partial charge in [0.2, 0.25) is 0 Å². The molecule has 0 amide bonds. The van der Waals surface area contributed by atoms with Crippen LogP contribution in [0.1, 0.15) is 5.56 Å². The van der Waals surface area contributed by atoms with Crippen LogP contribution < -0.4 is 10.6 Å². The Hall–Kier alpha value is -0.910. The Kier molecular flexibility index (Phi) is 5.45. The summed E-state index contributed by atoms with van der Waals surface area (Å²) in [5.41, 5.74) is 0.473. The third kappa shape index (κ3) is 3.92. The minimum absolute atomic E-state index is 0.00216. The van der Waals surface area contributed by atoms with Crippen LogP contribution in [-0.4, -0.2) is 23.4 Å². The zero-order valence-electron chi connectivity index (χ0n) is 8.50. The van der Waals surface area contributed by atoms with E-state index in [1.54, 1.807) is 12.1 Å². The Morgan fingerprint density at radius 2 is 2.19 bits per heavy atom. The first-order valence-corrected chi connectivity index (χ1v) is 5.53. The summed E-state index contributed by atoms with van der Waals surface area (Å²) in [5.74, 6) is -0.394. The lowest BCUT2D eigenvalue weighted by Crippen LogP contribution is -2.36. The maximum Gasteiger partial charge on any atom is 0.261 e. The van der Waals surface area contributed by atoms with Crippen molar-refractivity contribution < 1.29 is 21.1 Å². The van der Waals surface area contributed by atoms with Crippen molar-refractivity contribution in [1.82, 2.24) is 10.6 Å². The molecule has 0 saturated carbocycles. The zero-order valence-corrected chi connectivity index (χ0v) is 10.1. The Bertz CT molecular complexity index is 376. The summed E-state index contributed by atoms with van der Waals surface area (Å²) in [5, 5.41) is 14.7. The Balaban J connectivity index is 2.48. The van der Waals surface area contributed by atoms with E-state index < -0.39 is 5.82 Å². The third-order valence-corrected chi connectivity index (χ3v) is 2.48. The van der Waals surface area contributed by atoms with Gasteiger partial charge in [-0.3, -0.25) is 0 Å². The van der Waals surface area contributed by atoms with Crippen LogP contribution in [0.3, 0.4) is 0 Å². The molecule has 0 aliphatic rings. The molecule has 0 bridgehead atoms. The zero-order chi connectivity index (χ0) is 12.0. The molecule has 16 heavy (non-hydrogen) atoms. The molecule has 0 saturated heterocycles. The van der Waals surface area contributed by atoms with Crippen LogP contribution in [0.4, 0.5) is 4.39 Å². The number of aliphatic hydroxyl groups excluding tert-OH is 1. The molecule has 6 heteroatoms. The molecule has 88 valence electrons. The van der Waals surface area contributed by atoms with Gasteiger partial charge in [-0.25, -0.2) is 4.39 Å². The van der Waals surface area contributed by atoms with Crippen LogP contribution in [0.15, 0.2) is 18.2 Å². The first kappa shape index (κ1) is 13.2. The molecule has 1 aromatic carbocycles. The van der Waals surface area contributed by atoms with Crippen molar-refractivity contribution in [3.63, 3.8) is 0 Å². The van der Waals surface area contributed by atoms with Gasteiger partial charge in [-0.05, 0) is 12.2 Å². The van der Waals surface area contributed by atoms with E-state index in [4.69, 9.17) is 28.9 Å². The fourth-order valence-electron chi connectivity index (χ4n) is 1.10. The van der Waals surface area contributed by atoms with E-state index >= 15 is 0 Å². The van der Waals surface area contributed by atoms with Crippen molar-refractivity contribution in [1.29, 1.82) is 0 Å². The molecule has 0 aromatic heterocycles. The maximum absolute atomic E-state index is 13.5. The summed E-state index contributed by atoms with van der Waals surface area (Å²) in [4.78, 5) is 0. The Labute approximate surface area is 104 Å². The fourth-order valence-corrected chi connectivity index (χ4v) is 1.48. The average molecular weight is 264 g/mol. The van der Waals surface area contributed by atoms with Crippen molar-refractivity contribution >= 4 is 17.3 Å². The van der Waals surface area contributed by atoms with E-state index in [1.807, 2.05) is 0 Å². The van der Waals surface area contributed by atoms with Crippen LogP contribution in [0.25, 0.3) is 0 Å². The van der Waals surface area contributed by atoms with Crippen molar-refractivity contribution in [2.45, 2.75) is 6.54 Å². The highest BCUT2D eigenvalue weighted by molar-refractivity contribution is 7.80. The molecular weight excluding hydrogens is 251 g/mol.